The van der Waals surface area contributed by atoms with Crippen molar-refractivity contribution in [3.63, 3.8) is 0 Å². The summed E-state index contributed by atoms with van der Waals surface area (Å²) >= 11 is 0. The molecule has 0 aromatic rings. The molecule has 0 radical (unpaired) electrons. The molecule has 0 bridgehead atoms. The van der Waals surface area contributed by atoms with E-state index in [2.05, 4.69) is 5.32 Å². The van der Waals surface area contributed by atoms with Crippen molar-refractivity contribution in [3.8, 4) is 0 Å². The predicted octanol–water partition coefficient (Wildman–Crippen LogP) is 2.32. The molecule has 19 heavy (non-hydrogen) atoms. The lowest BCUT2D eigenvalue weighted by Crippen LogP contribution is -2.50. The summed E-state index contributed by atoms with van der Waals surface area (Å²) in [5.74, 6) is -0.273. The minimum absolute atomic E-state index is 0.0491. The summed E-state index contributed by atoms with van der Waals surface area (Å²) in [6, 6.07) is -0.533. The molecule has 0 aliphatic heterocycles. The molecule has 0 aromatic heterocycles. The first-order valence-corrected chi connectivity index (χ1v) is 6.93. The lowest BCUT2D eigenvalue weighted by molar-refractivity contribution is -0.138. The number of carbonyl (C=O) groups is 2. The van der Waals surface area contributed by atoms with Crippen LogP contribution < -0.4 is 5.32 Å². The van der Waals surface area contributed by atoms with E-state index in [0.29, 0.717) is 5.92 Å². The number of nitrogens with zero attached hydrogens (tertiary/aromatic N) is 1. The maximum Gasteiger partial charge on any atom is 0.317 e. The normalized spacial score (nSPS) is 17.5. The van der Waals surface area contributed by atoms with Crippen LogP contribution in [0.15, 0.2) is 0 Å². The number of hydrogen-bond donors (Lipinski definition) is 2. The third-order valence-corrected chi connectivity index (χ3v) is 3.83. The number of carboxylic acids is 1. The van der Waals surface area contributed by atoms with Crippen molar-refractivity contribution in [2.75, 3.05) is 13.6 Å². The molecule has 0 heterocycles. The van der Waals surface area contributed by atoms with E-state index in [-0.39, 0.29) is 23.9 Å². The number of rotatable bonds is 5. The van der Waals surface area contributed by atoms with Gasteiger partial charge in [-0.1, -0.05) is 27.2 Å². The van der Waals surface area contributed by atoms with Crippen LogP contribution in [0, 0.1) is 11.3 Å². The number of carboxylic acid groups (broad SMARTS) is 1. The second-order valence-corrected chi connectivity index (χ2v) is 6.64. The minimum Gasteiger partial charge on any atom is -0.481 e. The molecule has 110 valence electrons. The zero-order valence-corrected chi connectivity index (χ0v) is 12.4. The van der Waals surface area contributed by atoms with Crippen LogP contribution in [-0.4, -0.2) is 41.6 Å². The van der Waals surface area contributed by atoms with E-state index in [0.717, 1.165) is 6.54 Å². The fourth-order valence-electron chi connectivity index (χ4n) is 2.15. The first-order valence-electron chi connectivity index (χ1n) is 6.93. The van der Waals surface area contributed by atoms with E-state index < -0.39 is 5.97 Å². The number of nitrogens with one attached hydrogen (secondary N) is 1. The molecular weight excluding hydrogens is 244 g/mol. The maximum absolute atomic E-state index is 12.1. The van der Waals surface area contributed by atoms with E-state index in [1.165, 1.54) is 19.3 Å². The summed E-state index contributed by atoms with van der Waals surface area (Å²) in [7, 11) is 1.77. The summed E-state index contributed by atoms with van der Waals surface area (Å²) in [6.45, 7) is 6.57. The van der Waals surface area contributed by atoms with Gasteiger partial charge in [-0.15, -0.1) is 0 Å². The van der Waals surface area contributed by atoms with Gasteiger partial charge in [-0.05, 0) is 24.2 Å². The van der Waals surface area contributed by atoms with Gasteiger partial charge in [0.25, 0.3) is 0 Å². The summed E-state index contributed by atoms with van der Waals surface area (Å²) in [4.78, 5) is 24.6. The molecule has 0 aromatic carbocycles. The largest absolute Gasteiger partial charge is 0.481 e. The average molecular weight is 270 g/mol. The van der Waals surface area contributed by atoms with Crippen molar-refractivity contribution in [2.45, 2.75) is 52.5 Å². The van der Waals surface area contributed by atoms with Gasteiger partial charge in [0.05, 0.1) is 6.42 Å². The van der Waals surface area contributed by atoms with Crippen LogP contribution in [-0.2, 0) is 4.79 Å². The second kappa shape index (κ2) is 6.26. The molecule has 2 amide bonds. The molecule has 1 atom stereocenters. The average Bonchev–Trinajstić information content (AvgIpc) is 2.20. The standard InChI is InChI=1S/C14H26N2O3/c1-14(2,3)11(8-12(17)18)15-13(19)16(4)9-10-6-5-7-10/h10-11H,5-9H2,1-4H3,(H,15,19)(H,17,18). The van der Waals surface area contributed by atoms with E-state index >= 15 is 0 Å². The maximum atomic E-state index is 12.1. The molecule has 0 saturated heterocycles. The monoisotopic (exact) mass is 270 g/mol. The molecular formula is C14H26N2O3. The lowest BCUT2D eigenvalue weighted by atomic mass is 9.84. The minimum atomic E-state index is -0.887. The van der Waals surface area contributed by atoms with Crippen LogP contribution >= 0.6 is 0 Å². The molecule has 2 N–H and O–H groups in total. The van der Waals surface area contributed by atoms with Crippen molar-refractivity contribution in [1.29, 1.82) is 0 Å². The highest BCUT2D eigenvalue weighted by Crippen LogP contribution is 2.27. The van der Waals surface area contributed by atoms with Crippen molar-refractivity contribution < 1.29 is 14.7 Å². The fraction of sp³-hybridized carbons (Fsp3) is 0.857. The zero-order chi connectivity index (χ0) is 14.6. The molecule has 5 nitrogen and oxygen atoms in total. The highest BCUT2D eigenvalue weighted by Gasteiger charge is 2.30. The van der Waals surface area contributed by atoms with Gasteiger partial charge in [0.15, 0.2) is 0 Å². The van der Waals surface area contributed by atoms with Crippen LogP contribution in [0.4, 0.5) is 4.79 Å². The summed E-state index contributed by atoms with van der Waals surface area (Å²) in [6.07, 6.45) is 3.58. The zero-order valence-electron chi connectivity index (χ0n) is 12.4. The topological polar surface area (TPSA) is 69.6 Å². The van der Waals surface area contributed by atoms with E-state index in [1.807, 2.05) is 20.8 Å². The third-order valence-electron chi connectivity index (χ3n) is 3.83. The Kier molecular flexibility index (Phi) is 5.20. The van der Waals surface area contributed by atoms with Gasteiger partial charge in [-0.25, -0.2) is 4.79 Å². The molecule has 1 aliphatic rings. The van der Waals surface area contributed by atoms with Crippen LogP contribution in [0.25, 0.3) is 0 Å². The van der Waals surface area contributed by atoms with Crippen LogP contribution in [0.3, 0.4) is 0 Å². The Bertz CT molecular complexity index is 332. The van der Waals surface area contributed by atoms with Crippen LogP contribution in [0.1, 0.15) is 46.5 Å². The van der Waals surface area contributed by atoms with Gasteiger partial charge >= 0.3 is 12.0 Å². The number of carbonyl (C=O) groups excluding carboxylic acids is 1. The Hall–Kier alpha value is -1.26. The highest BCUT2D eigenvalue weighted by molar-refractivity contribution is 5.75. The van der Waals surface area contributed by atoms with Crippen LogP contribution in [0.5, 0.6) is 0 Å². The molecule has 1 aliphatic carbocycles. The molecule has 0 spiro atoms. The van der Waals surface area contributed by atoms with E-state index in [4.69, 9.17) is 5.11 Å². The first-order chi connectivity index (χ1) is 8.70. The molecule has 1 unspecified atom stereocenters. The predicted molar refractivity (Wildman–Crippen MR) is 74.0 cm³/mol. The summed E-state index contributed by atoms with van der Waals surface area (Å²) < 4.78 is 0. The quantitative estimate of drug-likeness (QED) is 0.805. The fourth-order valence-corrected chi connectivity index (χ4v) is 2.15. The Labute approximate surface area is 115 Å². The van der Waals surface area contributed by atoms with Gasteiger partial charge in [0.1, 0.15) is 0 Å². The Morgan fingerprint density at radius 2 is 1.95 bits per heavy atom. The Balaban J connectivity index is 2.51. The number of urea groups is 1. The smallest absolute Gasteiger partial charge is 0.317 e. The number of aliphatic carboxylic acids is 1. The Morgan fingerprint density at radius 1 is 1.37 bits per heavy atom. The van der Waals surface area contributed by atoms with Gasteiger partial charge in [0.2, 0.25) is 0 Å². The van der Waals surface area contributed by atoms with Crippen molar-refractivity contribution in [3.05, 3.63) is 0 Å². The van der Waals surface area contributed by atoms with Crippen LogP contribution in [0.2, 0.25) is 0 Å². The molecule has 1 saturated carbocycles. The van der Waals surface area contributed by atoms with Gasteiger partial charge in [-0.3, -0.25) is 4.79 Å². The van der Waals surface area contributed by atoms with Crippen molar-refractivity contribution in [2.24, 2.45) is 11.3 Å². The van der Waals surface area contributed by atoms with E-state index in [1.54, 1.807) is 11.9 Å². The van der Waals surface area contributed by atoms with Crippen molar-refractivity contribution in [1.82, 2.24) is 10.2 Å². The number of amides is 2. The summed E-state index contributed by atoms with van der Waals surface area (Å²) in [5, 5.41) is 11.8. The molecule has 1 rings (SSSR count). The third kappa shape index (κ3) is 5.09. The Morgan fingerprint density at radius 3 is 2.32 bits per heavy atom. The highest BCUT2D eigenvalue weighted by atomic mass is 16.4. The first kappa shape index (κ1) is 15.8. The molecule has 5 heteroatoms. The molecule has 1 fully saturated rings. The lowest BCUT2D eigenvalue weighted by Gasteiger charge is -2.34. The number of hydrogen-bond acceptors (Lipinski definition) is 2. The SMILES string of the molecule is CN(CC1CCC1)C(=O)NC(CC(=O)O)C(C)(C)C. The van der Waals surface area contributed by atoms with Crippen molar-refractivity contribution >= 4 is 12.0 Å². The van der Waals surface area contributed by atoms with Gasteiger partial charge < -0.3 is 15.3 Å². The summed E-state index contributed by atoms with van der Waals surface area (Å²) in [5.41, 5.74) is -0.272. The van der Waals surface area contributed by atoms with Gasteiger partial charge in [-0.2, -0.15) is 0 Å². The van der Waals surface area contributed by atoms with E-state index in [9.17, 15) is 9.59 Å². The second-order valence-electron chi connectivity index (χ2n) is 6.64. The van der Waals surface area contributed by atoms with Gasteiger partial charge in [0, 0.05) is 19.6 Å².